The largest absolute Gasteiger partial charge is 0.313 e. The van der Waals surface area contributed by atoms with Crippen LogP contribution < -0.4 is 5.32 Å². The molecular weight excluding hydrogens is 213 g/mol. The molecule has 0 aromatic heterocycles. The van der Waals surface area contributed by atoms with E-state index in [1.807, 2.05) is 7.05 Å². The van der Waals surface area contributed by atoms with Crippen LogP contribution in [0.15, 0.2) is 18.2 Å². The summed E-state index contributed by atoms with van der Waals surface area (Å²) in [6.07, 6.45) is 6.70. The molecule has 0 aliphatic rings. The van der Waals surface area contributed by atoms with E-state index in [4.69, 9.17) is 18.0 Å². The van der Waals surface area contributed by atoms with E-state index in [0.717, 1.165) is 12.0 Å². The Labute approximate surface area is 94.6 Å². The van der Waals surface area contributed by atoms with Crippen molar-refractivity contribution in [1.29, 1.82) is 0 Å². The highest BCUT2D eigenvalue weighted by Crippen LogP contribution is 2.23. The lowest BCUT2D eigenvalue weighted by Crippen LogP contribution is -2.16. The highest BCUT2D eigenvalue weighted by atomic mass is 35.5. The van der Waals surface area contributed by atoms with Gasteiger partial charge in [-0.25, -0.2) is 4.39 Å². The van der Waals surface area contributed by atoms with E-state index in [-0.39, 0.29) is 11.1 Å². The summed E-state index contributed by atoms with van der Waals surface area (Å²) in [6.45, 7) is 0. The SMILES string of the molecule is C#CCCC(NC)c1ccc(F)c(Cl)c1. The summed E-state index contributed by atoms with van der Waals surface area (Å²) in [5, 5.41) is 3.27. The van der Waals surface area contributed by atoms with Crippen molar-refractivity contribution < 1.29 is 4.39 Å². The van der Waals surface area contributed by atoms with Gasteiger partial charge in [0.05, 0.1) is 5.02 Å². The molecule has 0 heterocycles. The quantitative estimate of drug-likeness (QED) is 0.777. The molecule has 0 amide bonds. The molecule has 0 spiro atoms. The van der Waals surface area contributed by atoms with E-state index >= 15 is 0 Å². The van der Waals surface area contributed by atoms with Gasteiger partial charge in [0.1, 0.15) is 5.82 Å². The van der Waals surface area contributed by atoms with Crippen LogP contribution >= 0.6 is 11.6 Å². The Bertz CT molecular complexity index is 370. The second-order valence-electron chi connectivity index (χ2n) is 3.26. The summed E-state index contributed by atoms with van der Waals surface area (Å²) in [6, 6.07) is 4.85. The predicted molar refractivity (Wildman–Crippen MR) is 61.3 cm³/mol. The van der Waals surface area contributed by atoms with Crippen LogP contribution in [-0.2, 0) is 0 Å². The van der Waals surface area contributed by atoms with Crippen LogP contribution in [0.4, 0.5) is 4.39 Å². The first-order chi connectivity index (χ1) is 7.19. The molecule has 1 aromatic rings. The van der Waals surface area contributed by atoms with Crippen molar-refractivity contribution in [1.82, 2.24) is 5.32 Å². The van der Waals surface area contributed by atoms with Crippen molar-refractivity contribution in [3.63, 3.8) is 0 Å². The van der Waals surface area contributed by atoms with Gasteiger partial charge >= 0.3 is 0 Å². The van der Waals surface area contributed by atoms with Crippen molar-refractivity contribution in [3.05, 3.63) is 34.6 Å². The standard InChI is InChI=1S/C12H13ClFN/c1-3-4-5-12(15-2)9-6-7-11(14)10(13)8-9/h1,6-8,12,15H,4-5H2,2H3. The summed E-state index contributed by atoms with van der Waals surface area (Å²) < 4.78 is 12.9. The topological polar surface area (TPSA) is 12.0 Å². The number of benzene rings is 1. The summed E-state index contributed by atoms with van der Waals surface area (Å²) in [5.74, 6) is 2.19. The Balaban J connectivity index is 2.83. The number of rotatable bonds is 4. The zero-order chi connectivity index (χ0) is 11.3. The molecule has 1 N–H and O–H groups in total. The lowest BCUT2D eigenvalue weighted by atomic mass is 10.0. The summed E-state index contributed by atoms with van der Waals surface area (Å²) in [5.41, 5.74) is 0.958. The second kappa shape index (κ2) is 5.75. The van der Waals surface area contributed by atoms with Crippen molar-refractivity contribution in [2.24, 2.45) is 0 Å². The average molecular weight is 226 g/mol. The van der Waals surface area contributed by atoms with Gasteiger partial charge in [-0.3, -0.25) is 0 Å². The highest BCUT2D eigenvalue weighted by molar-refractivity contribution is 6.30. The monoisotopic (exact) mass is 225 g/mol. The van der Waals surface area contributed by atoms with Crippen LogP contribution in [0.5, 0.6) is 0 Å². The number of hydrogen-bond donors (Lipinski definition) is 1. The van der Waals surface area contributed by atoms with Gasteiger partial charge in [-0.1, -0.05) is 17.7 Å². The van der Waals surface area contributed by atoms with Gasteiger partial charge in [0.2, 0.25) is 0 Å². The average Bonchev–Trinajstić information content (AvgIpc) is 2.24. The predicted octanol–water partition coefficient (Wildman–Crippen LogP) is 3.15. The van der Waals surface area contributed by atoms with E-state index in [0.29, 0.717) is 6.42 Å². The van der Waals surface area contributed by atoms with E-state index in [1.165, 1.54) is 6.07 Å². The van der Waals surface area contributed by atoms with Crippen LogP contribution in [0.1, 0.15) is 24.4 Å². The van der Waals surface area contributed by atoms with Gasteiger partial charge in [0.25, 0.3) is 0 Å². The van der Waals surface area contributed by atoms with Gasteiger partial charge in [-0.2, -0.15) is 0 Å². The van der Waals surface area contributed by atoms with Crippen LogP contribution in [0.25, 0.3) is 0 Å². The van der Waals surface area contributed by atoms with Gasteiger partial charge in [0, 0.05) is 12.5 Å². The van der Waals surface area contributed by atoms with Crippen molar-refractivity contribution in [2.75, 3.05) is 7.05 Å². The molecule has 1 aromatic carbocycles. The number of terminal acetylenes is 1. The van der Waals surface area contributed by atoms with Gasteiger partial charge in [-0.15, -0.1) is 12.3 Å². The first kappa shape index (κ1) is 12.0. The first-order valence-electron chi connectivity index (χ1n) is 4.74. The van der Waals surface area contributed by atoms with Gasteiger partial charge < -0.3 is 5.32 Å². The molecule has 0 bridgehead atoms. The van der Waals surface area contributed by atoms with Gasteiger partial charge in [-0.05, 0) is 31.2 Å². The Hall–Kier alpha value is -1.04. The third kappa shape index (κ3) is 3.23. The molecule has 0 saturated heterocycles. The molecule has 1 nitrogen and oxygen atoms in total. The molecule has 1 atom stereocenters. The molecular formula is C12H13ClFN. The third-order valence-corrected chi connectivity index (χ3v) is 2.56. The number of nitrogens with one attached hydrogen (secondary N) is 1. The molecule has 80 valence electrons. The third-order valence-electron chi connectivity index (χ3n) is 2.27. The molecule has 0 aliphatic heterocycles. The van der Waals surface area contributed by atoms with Gasteiger partial charge in [0.15, 0.2) is 0 Å². The molecule has 1 unspecified atom stereocenters. The van der Waals surface area contributed by atoms with E-state index < -0.39 is 5.82 Å². The molecule has 1 rings (SSSR count). The first-order valence-corrected chi connectivity index (χ1v) is 5.12. The fourth-order valence-corrected chi connectivity index (χ4v) is 1.62. The molecule has 3 heteroatoms. The van der Waals surface area contributed by atoms with E-state index in [9.17, 15) is 4.39 Å². The number of hydrogen-bond acceptors (Lipinski definition) is 1. The maximum atomic E-state index is 12.9. The molecule has 0 aliphatic carbocycles. The maximum Gasteiger partial charge on any atom is 0.141 e. The van der Waals surface area contributed by atoms with E-state index in [2.05, 4.69) is 11.2 Å². The Kier molecular flexibility index (Phi) is 4.61. The van der Waals surface area contributed by atoms with Crippen LogP contribution in [0.3, 0.4) is 0 Å². The molecule has 0 saturated carbocycles. The van der Waals surface area contributed by atoms with Crippen LogP contribution in [0, 0.1) is 18.2 Å². The minimum absolute atomic E-state index is 0.124. The summed E-state index contributed by atoms with van der Waals surface area (Å²) >= 11 is 5.71. The van der Waals surface area contributed by atoms with E-state index in [1.54, 1.807) is 12.1 Å². The lowest BCUT2D eigenvalue weighted by Gasteiger charge is -2.15. The van der Waals surface area contributed by atoms with Crippen LogP contribution in [0.2, 0.25) is 5.02 Å². The van der Waals surface area contributed by atoms with Crippen molar-refractivity contribution in [2.45, 2.75) is 18.9 Å². The van der Waals surface area contributed by atoms with Crippen LogP contribution in [-0.4, -0.2) is 7.05 Å². The second-order valence-corrected chi connectivity index (χ2v) is 3.66. The number of halogens is 2. The minimum Gasteiger partial charge on any atom is -0.313 e. The summed E-state index contributed by atoms with van der Waals surface area (Å²) in [7, 11) is 1.85. The Morgan fingerprint density at radius 3 is 2.87 bits per heavy atom. The zero-order valence-electron chi connectivity index (χ0n) is 8.56. The normalized spacial score (nSPS) is 12.1. The Morgan fingerprint density at radius 2 is 2.33 bits per heavy atom. The lowest BCUT2D eigenvalue weighted by molar-refractivity contribution is 0.555. The molecule has 0 radical (unpaired) electrons. The fourth-order valence-electron chi connectivity index (χ4n) is 1.43. The Morgan fingerprint density at radius 1 is 1.60 bits per heavy atom. The minimum atomic E-state index is -0.396. The smallest absolute Gasteiger partial charge is 0.141 e. The maximum absolute atomic E-state index is 12.9. The molecule has 0 fully saturated rings. The van der Waals surface area contributed by atoms with Crippen molar-refractivity contribution in [3.8, 4) is 12.3 Å². The molecule has 15 heavy (non-hydrogen) atoms. The zero-order valence-corrected chi connectivity index (χ0v) is 9.31. The summed E-state index contributed by atoms with van der Waals surface area (Å²) in [4.78, 5) is 0. The highest BCUT2D eigenvalue weighted by Gasteiger charge is 2.10. The van der Waals surface area contributed by atoms with Crippen molar-refractivity contribution >= 4 is 11.6 Å². The fraction of sp³-hybridized carbons (Fsp3) is 0.333.